The van der Waals surface area contributed by atoms with E-state index in [2.05, 4.69) is 20.1 Å². The molecule has 1 spiro atoms. The van der Waals surface area contributed by atoms with E-state index in [0.717, 1.165) is 67.8 Å². The van der Waals surface area contributed by atoms with Gasteiger partial charge in [0.2, 0.25) is 0 Å². The van der Waals surface area contributed by atoms with Gasteiger partial charge in [0.25, 0.3) is 0 Å². The van der Waals surface area contributed by atoms with Gasteiger partial charge in [0.1, 0.15) is 11.6 Å². The lowest BCUT2D eigenvalue weighted by molar-refractivity contribution is 0.256. The standard InChI is InChI=1S/C24H24FN5O/c25-18-8-4-9-19-21(18)24(11-1-2-12-24)15-30(19)23(31)26-17-7-3-6-16(14-17)22-28-27-20-10-5-13-29(20)22/h3-4,6-9,14H,1-2,5,10-13,15H2,(H,26,31). The van der Waals surface area contributed by atoms with Crippen molar-refractivity contribution < 1.29 is 9.18 Å². The van der Waals surface area contributed by atoms with Crippen molar-refractivity contribution in [3.05, 3.63) is 59.7 Å². The number of anilines is 2. The molecule has 3 aromatic rings. The van der Waals surface area contributed by atoms with Crippen LogP contribution in [0.2, 0.25) is 0 Å². The molecule has 2 aliphatic heterocycles. The van der Waals surface area contributed by atoms with Crippen molar-refractivity contribution in [3.8, 4) is 11.4 Å². The summed E-state index contributed by atoms with van der Waals surface area (Å²) < 4.78 is 16.9. The summed E-state index contributed by atoms with van der Waals surface area (Å²) in [5.74, 6) is 1.65. The fraction of sp³-hybridized carbons (Fsp3) is 0.375. The molecule has 158 valence electrons. The molecule has 7 heteroatoms. The van der Waals surface area contributed by atoms with Crippen molar-refractivity contribution in [2.45, 2.75) is 50.5 Å². The minimum atomic E-state index is -0.248. The molecule has 0 atom stereocenters. The predicted molar refractivity (Wildman–Crippen MR) is 117 cm³/mol. The van der Waals surface area contributed by atoms with Crippen molar-refractivity contribution in [2.75, 3.05) is 16.8 Å². The molecule has 2 amide bonds. The molecule has 1 fully saturated rings. The second-order valence-electron chi connectivity index (χ2n) is 8.91. The molecular weight excluding hydrogens is 393 g/mol. The van der Waals surface area contributed by atoms with Crippen molar-refractivity contribution in [1.29, 1.82) is 0 Å². The Labute approximate surface area is 180 Å². The van der Waals surface area contributed by atoms with Crippen LogP contribution in [0.3, 0.4) is 0 Å². The highest BCUT2D eigenvalue weighted by Crippen LogP contribution is 2.51. The number of aryl methyl sites for hydroxylation is 1. The molecular formula is C24H24FN5O. The van der Waals surface area contributed by atoms with Gasteiger partial charge in [-0.3, -0.25) is 4.90 Å². The maximum atomic E-state index is 14.8. The molecule has 31 heavy (non-hydrogen) atoms. The van der Waals surface area contributed by atoms with Gasteiger partial charge in [0, 0.05) is 41.7 Å². The van der Waals surface area contributed by atoms with Crippen LogP contribution in [0.4, 0.5) is 20.6 Å². The van der Waals surface area contributed by atoms with Gasteiger partial charge in [-0.05, 0) is 43.5 Å². The van der Waals surface area contributed by atoms with Crippen LogP contribution in [-0.2, 0) is 18.4 Å². The Morgan fingerprint density at radius 1 is 1.06 bits per heavy atom. The summed E-state index contributed by atoms with van der Waals surface area (Å²) >= 11 is 0. The minimum absolute atomic E-state index is 0.197. The SMILES string of the molecule is O=C(Nc1cccc(-c2nnc3n2CCC3)c1)N1CC2(CCCC2)c2c(F)cccc21. The van der Waals surface area contributed by atoms with Crippen molar-refractivity contribution in [2.24, 2.45) is 0 Å². The number of amides is 2. The quantitative estimate of drug-likeness (QED) is 0.645. The van der Waals surface area contributed by atoms with Gasteiger partial charge < -0.3 is 9.88 Å². The summed E-state index contributed by atoms with van der Waals surface area (Å²) in [4.78, 5) is 15.0. The fourth-order valence-electron chi connectivity index (χ4n) is 5.66. The number of carbonyl (C=O) groups is 1. The fourth-order valence-corrected chi connectivity index (χ4v) is 5.66. The Kier molecular flexibility index (Phi) is 4.13. The summed E-state index contributed by atoms with van der Waals surface area (Å²) in [7, 11) is 0. The maximum Gasteiger partial charge on any atom is 0.326 e. The molecule has 0 unspecified atom stereocenters. The lowest BCUT2D eigenvalue weighted by Crippen LogP contribution is -2.38. The van der Waals surface area contributed by atoms with Crippen LogP contribution in [0.15, 0.2) is 42.5 Å². The summed E-state index contributed by atoms with van der Waals surface area (Å²) in [6, 6.07) is 12.5. The molecule has 1 saturated carbocycles. The van der Waals surface area contributed by atoms with Crippen LogP contribution >= 0.6 is 0 Å². The van der Waals surface area contributed by atoms with Gasteiger partial charge in [-0.1, -0.05) is 31.0 Å². The first-order valence-electron chi connectivity index (χ1n) is 11.0. The highest BCUT2D eigenvalue weighted by atomic mass is 19.1. The van der Waals surface area contributed by atoms with Crippen LogP contribution in [0.1, 0.15) is 43.5 Å². The smallest absolute Gasteiger partial charge is 0.311 e. The van der Waals surface area contributed by atoms with E-state index < -0.39 is 0 Å². The molecule has 6 rings (SSSR count). The second kappa shape index (κ2) is 6.90. The van der Waals surface area contributed by atoms with Gasteiger partial charge in [-0.15, -0.1) is 10.2 Å². The number of halogens is 1. The molecule has 0 radical (unpaired) electrons. The molecule has 6 nitrogen and oxygen atoms in total. The van der Waals surface area contributed by atoms with Crippen LogP contribution in [0.25, 0.3) is 11.4 Å². The molecule has 1 aromatic heterocycles. The number of hydrogen-bond acceptors (Lipinski definition) is 3. The first-order chi connectivity index (χ1) is 15.1. The molecule has 3 aliphatic rings. The molecule has 0 saturated heterocycles. The zero-order valence-electron chi connectivity index (χ0n) is 17.3. The van der Waals surface area contributed by atoms with E-state index in [1.165, 1.54) is 6.07 Å². The van der Waals surface area contributed by atoms with Crippen LogP contribution < -0.4 is 10.2 Å². The van der Waals surface area contributed by atoms with Crippen LogP contribution in [0.5, 0.6) is 0 Å². The zero-order valence-corrected chi connectivity index (χ0v) is 17.3. The number of carbonyl (C=O) groups excluding carboxylic acids is 1. The first kappa shape index (κ1) is 18.5. The van der Waals surface area contributed by atoms with Crippen LogP contribution in [0, 0.1) is 5.82 Å². The van der Waals surface area contributed by atoms with E-state index in [-0.39, 0.29) is 17.3 Å². The maximum absolute atomic E-state index is 14.8. The third-order valence-electron chi connectivity index (χ3n) is 7.06. The topological polar surface area (TPSA) is 63.1 Å². The van der Waals surface area contributed by atoms with E-state index in [1.54, 1.807) is 11.0 Å². The summed E-state index contributed by atoms with van der Waals surface area (Å²) in [5, 5.41) is 11.7. The summed E-state index contributed by atoms with van der Waals surface area (Å²) in [6.45, 7) is 1.46. The average Bonchev–Trinajstić information content (AvgIpc) is 3.53. The number of fused-ring (bicyclic) bond motifs is 3. The van der Waals surface area contributed by atoms with Crippen LogP contribution in [-0.4, -0.2) is 27.3 Å². The zero-order chi connectivity index (χ0) is 21.0. The number of urea groups is 1. The van der Waals surface area contributed by atoms with Crippen molar-refractivity contribution in [1.82, 2.24) is 14.8 Å². The first-order valence-corrected chi connectivity index (χ1v) is 11.0. The molecule has 3 heterocycles. The Hall–Kier alpha value is -3.22. The second-order valence-corrected chi connectivity index (χ2v) is 8.91. The monoisotopic (exact) mass is 417 g/mol. The van der Waals surface area contributed by atoms with Crippen molar-refractivity contribution >= 4 is 17.4 Å². The largest absolute Gasteiger partial charge is 0.326 e. The minimum Gasteiger partial charge on any atom is -0.311 e. The third kappa shape index (κ3) is 2.86. The number of aromatic nitrogens is 3. The lowest BCUT2D eigenvalue weighted by Gasteiger charge is -2.25. The van der Waals surface area contributed by atoms with Gasteiger partial charge in [0.15, 0.2) is 5.82 Å². The number of nitrogens with zero attached hydrogens (tertiary/aromatic N) is 4. The van der Waals surface area contributed by atoms with E-state index in [9.17, 15) is 9.18 Å². The Morgan fingerprint density at radius 3 is 2.77 bits per heavy atom. The molecule has 2 aromatic carbocycles. The van der Waals surface area contributed by atoms with Gasteiger partial charge in [0.05, 0.1) is 5.69 Å². The van der Waals surface area contributed by atoms with Gasteiger partial charge in [-0.25, -0.2) is 9.18 Å². The predicted octanol–water partition coefficient (Wildman–Crippen LogP) is 4.89. The number of nitrogens with one attached hydrogen (secondary N) is 1. The number of rotatable bonds is 2. The number of hydrogen-bond donors (Lipinski definition) is 1. The lowest BCUT2D eigenvalue weighted by atomic mass is 9.80. The highest BCUT2D eigenvalue weighted by molar-refractivity contribution is 6.04. The van der Waals surface area contributed by atoms with E-state index in [0.29, 0.717) is 17.9 Å². The molecule has 1 N–H and O–H groups in total. The Morgan fingerprint density at radius 2 is 1.90 bits per heavy atom. The van der Waals surface area contributed by atoms with Gasteiger partial charge in [-0.2, -0.15) is 0 Å². The highest BCUT2D eigenvalue weighted by Gasteiger charge is 2.48. The third-order valence-corrected chi connectivity index (χ3v) is 7.06. The molecule has 1 aliphatic carbocycles. The van der Waals surface area contributed by atoms with Gasteiger partial charge >= 0.3 is 6.03 Å². The van der Waals surface area contributed by atoms with E-state index >= 15 is 0 Å². The van der Waals surface area contributed by atoms with E-state index in [1.807, 2.05) is 30.3 Å². The Bertz CT molecular complexity index is 1180. The Balaban J connectivity index is 1.29. The number of benzene rings is 2. The van der Waals surface area contributed by atoms with E-state index in [4.69, 9.17) is 0 Å². The summed E-state index contributed by atoms with van der Waals surface area (Å²) in [6.07, 6.45) is 6.05. The normalized spacial score (nSPS) is 18.4. The molecule has 0 bridgehead atoms. The summed E-state index contributed by atoms with van der Waals surface area (Å²) in [5.41, 5.74) is 2.80. The van der Waals surface area contributed by atoms with Crippen molar-refractivity contribution in [3.63, 3.8) is 0 Å². The average molecular weight is 417 g/mol.